The maximum atomic E-state index is 11.5. The Hall–Kier alpha value is -0.290. The first-order chi connectivity index (χ1) is 4.83. The molecular weight excluding hydrogens is 159 g/mol. The van der Waals surface area contributed by atoms with Crippen molar-refractivity contribution in [3.05, 3.63) is 0 Å². The van der Waals surface area contributed by atoms with E-state index >= 15 is 0 Å². The summed E-state index contributed by atoms with van der Waals surface area (Å²) in [5.74, 6) is 0. The average Bonchev–Trinajstić information content (AvgIpc) is 1.80. The van der Waals surface area contributed by atoms with Crippen molar-refractivity contribution in [1.82, 2.24) is 0 Å². The Morgan fingerprint density at radius 2 is 1.91 bits per heavy atom. The fourth-order valence-electron chi connectivity index (χ4n) is 0.572. The predicted octanol–water partition coefficient (Wildman–Crippen LogP) is 1.04. The summed E-state index contributed by atoms with van der Waals surface area (Å²) in [5, 5.41) is 8.73. The van der Waals surface area contributed by atoms with Gasteiger partial charge in [0.1, 0.15) is 0 Å². The minimum absolute atomic E-state index is 0.221. The lowest BCUT2D eigenvalue weighted by molar-refractivity contribution is -0.137. The smallest absolute Gasteiger partial charge is 0.389 e. The van der Waals surface area contributed by atoms with Gasteiger partial charge in [0.05, 0.1) is 6.10 Å². The van der Waals surface area contributed by atoms with Gasteiger partial charge in [-0.15, -0.1) is 0 Å². The van der Waals surface area contributed by atoms with Gasteiger partial charge in [0, 0.05) is 12.5 Å². The van der Waals surface area contributed by atoms with E-state index in [1.165, 1.54) is 6.92 Å². The van der Waals surface area contributed by atoms with E-state index in [2.05, 4.69) is 0 Å². The molecule has 0 saturated carbocycles. The molecule has 0 spiro atoms. The average molecular weight is 171 g/mol. The molecule has 0 aromatic carbocycles. The summed E-state index contributed by atoms with van der Waals surface area (Å²) in [7, 11) is 0. The van der Waals surface area contributed by atoms with Crippen molar-refractivity contribution in [2.75, 3.05) is 0 Å². The number of halogens is 3. The highest BCUT2D eigenvalue weighted by atomic mass is 19.4. The molecule has 2 atom stereocenters. The SMILES string of the molecule is CC(O)C(N)CCC(F)(F)F. The quantitative estimate of drug-likeness (QED) is 0.666. The minimum atomic E-state index is -4.17. The van der Waals surface area contributed by atoms with Crippen LogP contribution < -0.4 is 5.73 Å². The van der Waals surface area contributed by atoms with Crippen LogP contribution in [-0.2, 0) is 0 Å². The molecule has 11 heavy (non-hydrogen) atoms. The molecule has 0 saturated heterocycles. The second-order valence-corrected chi connectivity index (χ2v) is 2.56. The van der Waals surface area contributed by atoms with Crippen LogP contribution in [0.3, 0.4) is 0 Å². The summed E-state index contributed by atoms with van der Waals surface area (Å²) in [6, 6.07) is -0.781. The van der Waals surface area contributed by atoms with Gasteiger partial charge in [0.2, 0.25) is 0 Å². The lowest BCUT2D eigenvalue weighted by Crippen LogP contribution is -2.33. The lowest BCUT2D eigenvalue weighted by Gasteiger charge is -2.15. The fraction of sp³-hybridized carbons (Fsp3) is 1.00. The maximum absolute atomic E-state index is 11.5. The number of hydrogen-bond acceptors (Lipinski definition) is 2. The van der Waals surface area contributed by atoms with E-state index in [1.54, 1.807) is 0 Å². The Kier molecular flexibility index (Phi) is 3.82. The normalized spacial score (nSPS) is 18.0. The Morgan fingerprint density at radius 3 is 2.18 bits per heavy atom. The van der Waals surface area contributed by atoms with E-state index in [4.69, 9.17) is 10.8 Å². The van der Waals surface area contributed by atoms with Crippen LogP contribution >= 0.6 is 0 Å². The van der Waals surface area contributed by atoms with Crippen LogP contribution in [0.5, 0.6) is 0 Å². The molecule has 0 aromatic rings. The number of alkyl halides is 3. The van der Waals surface area contributed by atoms with Crippen LogP contribution in [0, 0.1) is 0 Å². The fourth-order valence-corrected chi connectivity index (χ4v) is 0.572. The van der Waals surface area contributed by atoms with E-state index in [0.717, 1.165) is 0 Å². The van der Waals surface area contributed by atoms with E-state index in [9.17, 15) is 13.2 Å². The van der Waals surface area contributed by atoms with Gasteiger partial charge >= 0.3 is 6.18 Å². The highest BCUT2D eigenvalue weighted by molar-refractivity contribution is 4.68. The van der Waals surface area contributed by atoms with E-state index in [0.29, 0.717) is 0 Å². The number of nitrogens with two attached hydrogens (primary N) is 1. The highest BCUT2D eigenvalue weighted by Crippen LogP contribution is 2.22. The van der Waals surface area contributed by atoms with Crippen molar-refractivity contribution in [3.63, 3.8) is 0 Å². The molecule has 0 aliphatic heterocycles. The number of aliphatic hydroxyl groups excluding tert-OH is 1. The van der Waals surface area contributed by atoms with Crippen molar-refractivity contribution in [2.45, 2.75) is 38.1 Å². The Labute approximate surface area is 63.2 Å². The van der Waals surface area contributed by atoms with Gasteiger partial charge in [-0.25, -0.2) is 0 Å². The predicted molar refractivity (Wildman–Crippen MR) is 34.9 cm³/mol. The maximum Gasteiger partial charge on any atom is 0.389 e. The molecule has 0 rings (SSSR count). The molecule has 0 radical (unpaired) electrons. The topological polar surface area (TPSA) is 46.2 Å². The van der Waals surface area contributed by atoms with Crippen LogP contribution in [0.2, 0.25) is 0 Å². The van der Waals surface area contributed by atoms with Crippen molar-refractivity contribution in [3.8, 4) is 0 Å². The first-order valence-electron chi connectivity index (χ1n) is 3.33. The summed E-state index contributed by atoms with van der Waals surface area (Å²) >= 11 is 0. The molecule has 0 heterocycles. The molecule has 0 aromatic heterocycles. The largest absolute Gasteiger partial charge is 0.392 e. The summed E-state index contributed by atoms with van der Waals surface area (Å²) < 4.78 is 34.6. The number of rotatable bonds is 3. The van der Waals surface area contributed by atoms with Gasteiger partial charge in [0.25, 0.3) is 0 Å². The summed E-state index contributed by atoms with van der Waals surface area (Å²) in [4.78, 5) is 0. The first kappa shape index (κ1) is 10.7. The van der Waals surface area contributed by atoms with Crippen LogP contribution in [-0.4, -0.2) is 23.4 Å². The van der Waals surface area contributed by atoms with Crippen molar-refractivity contribution >= 4 is 0 Å². The van der Waals surface area contributed by atoms with E-state index in [-0.39, 0.29) is 6.42 Å². The van der Waals surface area contributed by atoms with Crippen molar-refractivity contribution in [1.29, 1.82) is 0 Å². The van der Waals surface area contributed by atoms with Crippen LogP contribution in [0.25, 0.3) is 0 Å². The van der Waals surface area contributed by atoms with Gasteiger partial charge in [-0.05, 0) is 13.3 Å². The first-order valence-corrected chi connectivity index (χ1v) is 3.33. The molecule has 0 amide bonds. The third-order valence-electron chi connectivity index (χ3n) is 1.38. The van der Waals surface area contributed by atoms with Crippen molar-refractivity contribution in [2.24, 2.45) is 5.73 Å². The second kappa shape index (κ2) is 3.92. The van der Waals surface area contributed by atoms with Crippen LogP contribution in [0.4, 0.5) is 13.2 Å². The second-order valence-electron chi connectivity index (χ2n) is 2.56. The van der Waals surface area contributed by atoms with Crippen LogP contribution in [0.15, 0.2) is 0 Å². The van der Waals surface area contributed by atoms with Crippen molar-refractivity contribution < 1.29 is 18.3 Å². The third kappa shape index (κ3) is 6.12. The van der Waals surface area contributed by atoms with Gasteiger partial charge in [-0.1, -0.05) is 0 Å². The molecule has 5 heteroatoms. The van der Waals surface area contributed by atoms with Gasteiger partial charge in [-0.2, -0.15) is 13.2 Å². The van der Waals surface area contributed by atoms with E-state index in [1.807, 2.05) is 0 Å². The summed E-state index contributed by atoms with van der Waals surface area (Å²) in [6.45, 7) is 1.38. The molecule has 3 N–H and O–H groups in total. The molecule has 2 unspecified atom stereocenters. The zero-order valence-electron chi connectivity index (χ0n) is 6.23. The third-order valence-corrected chi connectivity index (χ3v) is 1.38. The molecule has 0 fully saturated rings. The van der Waals surface area contributed by atoms with Gasteiger partial charge < -0.3 is 10.8 Å². The zero-order chi connectivity index (χ0) is 9.07. The standard InChI is InChI=1S/C6H12F3NO/c1-4(11)5(10)2-3-6(7,8)9/h4-5,11H,2-3,10H2,1H3. The molecule has 2 nitrogen and oxygen atoms in total. The zero-order valence-corrected chi connectivity index (χ0v) is 6.23. The summed E-state index contributed by atoms with van der Waals surface area (Å²) in [5.41, 5.74) is 5.17. The lowest BCUT2D eigenvalue weighted by atomic mass is 10.1. The molecule has 0 aliphatic carbocycles. The highest BCUT2D eigenvalue weighted by Gasteiger charge is 2.28. The molecule has 0 aliphatic rings. The Bertz CT molecular complexity index is 113. The van der Waals surface area contributed by atoms with E-state index < -0.39 is 24.7 Å². The van der Waals surface area contributed by atoms with Gasteiger partial charge in [-0.3, -0.25) is 0 Å². The minimum Gasteiger partial charge on any atom is -0.392 e. The monoisotopic (exact) mass is 171 g/mol. The number of aliphatic hydroxyl groups is 1. The summed E-state index contributed by atoms with van der Waals surface area (Å²) in [6.07, 6.45) is -6.20. The number of hydrogen-bond donors (Lipinski definition) is 2. The molecule has 68 valence electrons. The molecule has 0 bridgehead atoms. The van der Waals surface area contributed by atoms with Crippen LogP contribution in [0.1, 0.15) is 19.8 Å². The Balaban J connectivity index is 3.54. The molecular formula is C6H12F3NO. The Morgan fingerprint density at radius 1 is 1.45 bits per heavy atom. The van der Waals surface area contributed by atoms with Gasteiger partial charge in [0.15, 0.2) is 0 Å².